The number of carboxylic acid groups (broad SMARTS) is 1. The normalized spacial score (nSPS) is 13.8. The summed E-state index contributed by atoms with van der Waals surface area (Å²) in [4.78, 5) is 48.4. The molecule has 4 aromatic rings. The highest BCUT2D eigenvalue weighted by Crippen LogP contribution is 2.43. The third kappa shape index (κ3) is 9.71. The van der Waals surface area contributed by atoms with Crippen LogP contribution < -0.4 is 15.4 Å². The van der Waals surface area contributed by atoms with Crippen LogP contribution in [0.3, 0.4) is 0 Å². The molecule has 47 heavy (non-hydrogen) atoms. The molecule has 9 nitrogen and oxygen atoms in total. The Morgan fingerprint density at radius 3 is 2.21 bits per heavy atom. The van der Waals surface area contributed by atoms with Crippen molar-refractivity contribution >= 4 is 29.1 Å². The van der Waals surface area contributed by atoms with E-state index in [1.807, 2.05) is 54.6 Å². The molecule has 10 heteroatoms. The summed E-state index contributed by atoms with van der Waals surface area (Å²) in [7, 11) is 0. The fourth-order valence-electron chi connectivity index (χ4n) is 5.17. The monoisotopic (exact) mass is 654 g/mol. The molecule has 5 rings (SSSR count). The molecule has 2 amide bonds. The lowest BCUT2D eigenvalue weighted by Gasteiger charge is -2.20. The Kier molecular flexibility index (Phi) is 11.7. The maximum atomic E-state index is 13.1. The fourth-order valence-corrected chi connectivity index (χ4v) is 6.25. The predicted octanol–water partition coefficient (Wildman–Crippen LogP) is 7.03. The number of carboxylic acids is 1. The fraction of sp³-hybridized carbons (Fsp3) is 0.378. The molecule has 0 radical (unpaired) electrons. The number of aromatic nitrogens is 2. The molecule has 0 spiro atoms. The van der Waals surface area contributed by atoms with E-state index in [2.05, 4.69) is 27.5 Å². The third-order valence-corrected chi connectivity index (χ3v) is 9.44. The lowest BCUT2D eigenvalue weighted by molar-refractivity contribution is -0.141. The number of ether oxygens (including phenoxy) is 1. The van der Waals surface area contributed by atoms with Crippen molar-refractivity contribution in [2.75, 3.05) is 6.61 Å². The topological polar surface area (TPSA) is 131 Å². The molecule has 2 heterocycles. The van der Waals surface area contributed by atoms with E-state index in [1.54, 1.807) is 18.5 Å². The minimum Gasteiger partial charge on any atom is -0.494 e. The van der Waals surface area contributed by atoms with Crippen molar-refractivity contribution in [3.63, 3.8) is 0 Å². The van der Waals surface area contributed by atoms with E-state index in [-0.39, 0.29) is 12.3 Å². The number of amides is 2. The summed E-state index contributed by atoms with van der Waals surface area (Å²) in [6.45, 7) is 4.33. The van der Waals surface area contributed by atoms with Gasteiger partial charge in [0.2, 0.25) is 5.91 Å². The molecule has 2 unspecified atom stereocenters. The molecule has 0 bridgehead atoms. The molecule has 2 atom stereocenters. The van der Waals surface area contributed by atoms with Crippen molar-refractivity contribution in [2.45, 2.75) is 83.2 Å². The van der Waals surface area contributed by atoms with Gasteiger partial charge in [0.15, 0.2) is 5.82 Å². The number of unbranched alkanes of at least 4 members (excludes halogenated alkanes) is 4. The number of hydrogen-bond donors (Lipinski definition) is 3. The maximum Gasteiger partial charge on any atom is 0.325 e. The number of nitrogens with zero attached hydrogens (tertiary/aromatic N) is 2. The number of rotatable bonds is 17. The van der Waals surface area contributed by atoms with Crippen molar-refractivity contribution < 1.29 is 24.2 Å². The maximum absolute atomic E-state index is 13.1. The molecule has 0 saturated heterocycles. The summed E-state index contributed by atoms with van der Waals surface area (Å²) >= 11 is 1.44. The van der Waals surface area contributed by atoms with Crippen LogP contribution in [0.1, 0.15) is 84.8 Å². The van der Waals surface area contributed by atoms with Crippen LogP contribution in [0, 0.1) is 0 Å². The van der Waals surface area contributed by atoms with Crippen LogP contribution in [0.5, 0.6) is 5.75 Å². The van der Waals surface area contributed by atoms with E-state index >= 15 is 0 Å². The first-order valence-electron chi connectivity index (χ1n) is 16.4. The zero-order valence-electron chi connectivity index (χ0n) is 26.9. The van der Waals surface area contributed by atoms with Gasteiger partial charge in [-0.05, 0) is 67.5 Å². The molecule has 1 aliphatic rings. The number of carbonyl (C=O) groups is 3. The van der Waals surface area contributed by atoms with Gasteiger partial charge in [-0.15, -0.1) is 11.3 Å². The molecule has 246 valence electrons. The molecule has 1 aliphatic carbocycles. The van der Waals surface area contributed by atoms with Gasteiger partial charge in [0.1, 0.15) is 17.8 Å². The van der Waals surface area contributed by atoms with Crippen molar-refractivity contribution in [3.8, 4) is 28.3 Å². The van der Waals surface area contributed by atoms with Gasteiger partial charge in [0.25, 0.3) is 5.91 Å². The highest BCUT2D eigenvalue weighted by Gasteiger charge is 2.28. The number of thiophene rings is 1. The van der Waals surface area contributed by atoms with Crippen LogP contribution in [-0.4, -0.2) is 51.5 Å². The Hall–Kier alpha value is -4.57. The minimum atomic E-state index is -1.15. The smallest absolute Gasteiger partial charge is 0.325 e. The zero-order chi connectivity index (χ0) is 33.2. The van der Waals surface area contributed by atoms with E-state index in [0.29, 0.717) is 16.6 Å². The molecule has 1 fully saturated rings. The Morgan fingerprint density at radius 2 is 1.55 bits per heavy atom. The number of aliphatic carboxylic acids is 1. The molecule has 3 N–H and O–H groups in total. The van der Waals surface area contributed by atoms with Crippen molar-refractivity contribution in [1.29, 1.82) is 0 Å². The molecule has 2 aromatic carbocycles. The lowest BCUT2D eigenvalue weighted by atomic mass is 10.0. The van der Waals surface area contributed by atoms with Gasteiger partial charge in [0.05, 0.1) is 11.5 Å². The third-order valence-electron chi connectivity index (χ3n) is 8.19. The standard InChI is InChI=1S/C37H42N4O5S/c1-3-4-5-6-7-20-46-30-16-14-26(15-17-30)29-22-38-34(39-23-29)28-10-8-25(9-11-28)21-31(35(42)40-24(2)37(44)45)41-36(43)33-19-18-32(47-33)27-12-13-27/h8-11,14-19,22-24,27,31H,3-7,12-13,20-21H2,1-2H3,(H,40,42)(H,41,43)(H,44,45). The second-order valence-corrected chi connectivity index (χ2v) is 13.2. The summed E-state index contributed by atoms with van der Waals surface area (Å²) in [5.41, 5.74) is 3.49. The second kappa shape index (κ2) is 16.3. The van der Waals surface area contributed by atoms with Crippen LogP contribution in [0.25, 0.3) is 22.5 Å². The summed E-state index contributed by atoms with van der Waals surface area (Å²) in [6, 6.07) is 17.1. The van der Waals surface area contributed by atoms with E-state index in [9.17, 15) is 19.5 Å². The van der Waals surface area contributed by atoms with Gasteiger partial charge >= 0.3 is 5.97 Å². The predicted molar refractivity (Wildman–Crippen MR) is 184 cm³/mol. The van der Waals surface area contributed by atoms with Gasteiger partial charge < -0.3 is 20.5 Å². The molecule has 1 saturated carbocycles. The molecular formula is C37H42N4O5S. The quantitative estimate of drug-likeness (QED) is 0.104. The van der Waals surface area contributed by atoms with Crippen molar-refractivity contribution in [3.05, 3.63) is 88.4 Å². The highest BCUT2D eigenvalue weighted by molar-refractivity contribution is 7.14. The van der Waals surface area contributed by atoms with Gasteiger partial charge in [-0.3, -0.25) is 14.4 Å². The number of hydrogen-bond acceptors (Lipinski definition) is 7. The number of nitrogens with one attached hydrogen (secondary N) is 2. The van der Waals surface area contributed by atoms with E-state index in [0.717, 1.165) is 53.9 Å². The Bertz CT molecular complexity index is 1630. The summed E-state index contributed by atoms with van der Waals surface area (Å²) in [6.07, 6.45) is 12.1. The van der Waals surface area contributed by atoms with Gasteiger partial charge in [-0.1, -0.05) is 69.0 Å². The number of carbonyl (C=O) groups excluding carboxylic acids is 2. The number of benzene rings is 2. The van der Waals surface area contributed by atoms with Crippen LogP contribution in [0.15, 0.2) is 73.1 Å². The minimum absolute atomic E-state index is 0.184. The van der Waals surface area contributed by atoms with Gasteiger partial charge in [-0.2, -0.15) is 0 Å². The molecule has 2 aromatic heterocycles. The van der Waals surface area contributed by atoms with E-state index < -0.39 is 24.0 Å². The van der Waals surface area contributed by atoms with Crippen molar-refractivity contribution in [1.82, 2.24) is 20.6 Å². The van der Waals surface area contributed by atoms with E-state index in [1.165, 1.54) is 48.8 Å². The largest absolute Gasteiger partial charge is 0.494 e. The SMILES string of the molecule is CCCCCCCOc1ccc(-c2cnc(-c3ccc(CC(NC(=O)c4ccc(C5CC5)s4)C(=O)NC(C)C(=O)O)cc3)nc2)cc1. The zero-order valence-corrected chi connectivity index (χ0v) is 27.7. The van der Waals surface area contributed by atoms with Crippen LogP contribution in [-0.2, 0) is 16.0 Å². The summed E-state index contributed by atoms with van der Waals surface area (Å²) < 4.78 is 5.88. The Morgan fingerprint density at radius 1 is 0.872 bits per heavy atom. The van der Waals surface area contributed by atoms with Crippen LogP contribution in [0.4, 0.5) is 0 Å². The Labute approximate surface area is 279 Å². The first-order chi connectivity index (χ1) is 22.8. The average molecular weight is 655 g/mol. The van der Waals surface area contributed by atoms with Gasteiger partial charge in [-0.25, -0.2) is 9.97 Å². The highest BCUT2D eigenvalue weighted by atomic mass is 32.1. The van der Waals surface area contributed by atoms with Crippen LogP contribution in [0.2, 0.25) is 0 Å². The molecular weight excluding hydrogens is 612 g/mol. The first-order valence-corrected chi connectivity index (χ1v) is 17.2. The second-order valence-electron chi connectivity index (χ2n) is 12.1. The summed E-state index contributed by atoms with van der Waals surface area (Å²) in [5.74, 6) is -0.123. The average Bonchev–Trinajstić information content (AvgIpc) is 3.82. The lowest BCUT2D eigenvalue weighted by Crippen LogP contribution is -2.51. The Balaban J connectivity index is 1.20. The van der Waals surface area contributed by atoms with Crippen molar-refractivity contribution in [2.24, 2.45) is 0 Å². The molecule has 0 aliphatic heterocycles. The first kappa shape index (κ1) is 33.8. The van der Waals surface area contributed by atoms with E-state index in [4.69, 9.17) is 4.74 Å². The van der Waals surface area contributed by atoms with Crippen LogP contribution >= 0.6 is 11.3 Å². The summed E-state index contributed by atoms with van der Waals surface area (Å²) in [5, 5.41) is 14.6. The van der Waals surface area contributed by atoms with Gasteiger partial charge in [0, 0.05) is 34.8 Å².